The minimum Gasteiger partial charge on any atom is -0.365 e. The third-order valence-corrected chi connectivity index (χ3v) is 3.29. The Balaban J connectivity index is 2.00. The van der Waals surface area contributed by atoms with Crippen molar-refractivity contribution in [1.29, 1.82) is 0 Å². The van der Waals surface area contributed by atoms with Crippen molar-refractivity contribution in [2.45, 2.75) is 12.2 Å². The molecule has 2 bridgehead atoms. The Hall–Kier alpha value is -1.20. The molecule has 15 heavy (non-hydrogen) atoms. The van der Waals surface area contributed by atoms with E-state index in [2.05, 4.69) is 0 Å². The number of carbonyl (C=O) groups excluding carboxylic acids is 2. The predicted octanol–water partition coefficient (Wildman–Crippen LogP) is -0.599. The van der Waals surface area contributed by atoms with Gasteiger partial charge in [0.05, 0.1) is 24.0 Å². The number of ether oxygens (including phenoxy) is 1. The highest BCUT2D eigenvalue weighted by Crippen LogP contribution is 2.45. The van der Waals surface area contributed by atoms with E-state index in [1.807, 2.05) is 12.2 Å². The zero-order valence-electron chi connectivity index (χ0n) is 8.58. The number of nitrogens with zero attached hydrogens (tertiary/aromatic N) is 2. The lowest BCUT2D eigenvalue weighted by atomic mass is 9.85. The molecule has 0 radical (unpaired) electrons. The van der Waals surface area contributed by atoms with Crippen LogP contribution in [0.15, 0.2) is 12.2 Å². The van der Waals surface area contributed by atoms with Crippen molar-refractivity contribution >= 4 is 11.8 Å². The zero-order valence-corrected chi connectivity index (χ0v) is 8.58. The summed E-state index contributed by atoms with van der Waals surface area (Å²) in [6.07, 6.45) is 3.38. The summed E-state index contributed by atoms with van der Waals surface area (Å²) in [6.45, 7) is 0. The maximum Gasteiger partial charge on any atom is 0.250 e. The summed E-state index contributed by atoms with van der Waals surface area (Å²) in [5.74, 6) is -0.858. The number of hydrogen-bond donors (Lipinski definition) is 0. The molecule has 3 aliphatic rings. The molecule has 2 amide bonds. The first-order valence-electron chi connectivity index (χ1n) is 5.00. The van der Waals surface area contributed by atoms with Crippen LogP contribution in [-0.2, 0) is 14.3 Å². The minimum atomic E-state index is -0.296. The standard InChI is InChI=1S/C10H12N2O3/c1-11(2)12-9(13)7-5-3-4-6(15-5)8(7)10(12)14/h3-8H,1-2H3/t5-,6-,7-,8+/m1/s1. The SMILES string of the molecule is CN(C)N1C(=O)[C@@H]2[C@H](C1=O)[C@H]1C=C[C@H]2O1. The first-order chi connectivity index (χ1) is 7.11. The summed E-state index contributed by atoms with van der Waals surface area (Å²) in [5.41, 5.74) is 0. The van der Waals surface area contributed by atoms with Crippen LogP contribution in [0.2, 0.25) is 0 Å². The van der Waals surface area contributed by atoms with E-state index in [4.69, 9.17) is 4.74 Å². The van der Waals surface area contributed by atoms with E-state index < -0.39 is 0 Å². The van der Waals surface area contributed by atoms with Crippen LogP contribution in [0, 0.1) is 11.8 Å². The van der Waals surface area contributed by atoms with Gasteiger partial charge in [0.25, 0.3) is 11.8 Å². The fourth-order valence-corrected chi connectivity index (χ4v) is 2.68. The maximum absolute atomic E-state index is 12.0. The van der Waals surface area contributed by atoms with Crippen molar-refractivity contribution in [3.8, 4) is 0 Å². The molecule has 0 aromatic rings. The van der Waals surface area contributed by atoms with E-state index in [0.29, 0.717) is 0 Å². The van der Waals surface area contributed by atoms with Gasteiger partial charge in [0.15, 0.2) is 0 Å². The highest BCUT2D eigenvalue weighted by Gasteiger charge is 2.61. The molecular weight excluding hydrogens is 196 g/mol. The molecule has 2 fully saturated rings. The largest absolute Gasteiger partial charge is 0.365 e. The van der Waals surface area contributed by atoms with Crippen LogP contribution >= 0.6 is 0 Å². The number of rotatable bonds is 1. The van der Waals surface area contributed by atoms with Gasteiger partial charge in [-0.15, -0.1) is 0 Å². The van der Waals surface area contributed by atoms with E-state index in [1.54, 1.807) is 19.1 Å². The summed E-state index contributed by atoms with van der Waals surface area (Å²) >= 11 is 0. The van der Waals surface area contributed by atoms with Crippen molar-refractivity contribution in [3.05, 3.63) is 12.2 Å². The Labute approximate surface area is 87.2 Å². The summed E-state index contributed by atoms with van der Waals surface area (Å²) in [6, 6.07) is 0. The predicted molar refractivity (Wildman–Crippen MR) is 50.3 cm³/mol. The molecule has 5 heteroatoms. The van der Waals surface area contributed by atoms with Crippen LogP contribution in [0.3, 0.4) is 0 Å². The quantitative estimate of drug-likeness (QED) is 0.426. The van der Waals surface area contributed by atoms with Gasteiger partial charge in [-0.25, -0.2) is 10.0 Å². The lowest BCUT2D eigenvalue weighted by molar-refractivity contribution is -0.157. The molecule has 0 saturated carbocycles. The molecule has 0 aliphatic carbocycles. The number of fused-ring (bicyclic) bond motifs is 5. The number of imide groups is 1. The Morgan fingerprint density at radius 1 is 1.13 bits per heavy atom. The highest BCUT2D eigenvalue weighted by molar-refractivity contribution is 6.06. The second-order valence-corrected chi connectivity index (χ2v) is 4.34. The van der Waals surface area contributed by atoms with Gasteiger partial charge < -0.3 is 4.74 Å². The molecule has 0 aromatic carbocycles. The molecule has 3 rings (SSSR count). The molecule has 2 saturated heterocycles. The summed E-state index contributed by atoms with van der Waals surface area (Å²) < 4.78 is 5.51. The third-order valence-electron chi connectivity index (χ3n) is 3.29. The molecule has 0 spiro atoms. The van der Waals surface area contributed by atoms with Gasteiger partial charge in [-0.05, 0) is 0 Å². The summed E-state index contributed by atoms with van der Waals surface area (Å²) in [7, 11) is 3.40. The van der Waals surface area contributed by atoms with Crippen LogP contribution in [-0.4, -0.2) is 48.1 Å². The molecule has 4 atom stereocenters. The van der Waals surface area contributed by atoms with Crippen molar-refractivity contribution in [2.24, 2.45) is 11.8 Å². The number of carbonyl (C=O) groups is 2. The zero-order chi connectivity index (χ0) is 10.7. The second-order valence-electron chi connectivity index (χ2n) is 4.34. The summed E-state index contributed by atoms with van der Waals surface area (Å²) in [4.78, 5) is 24.0. The van der Waals surface area contributed by atoms with Gasteiger partial charge in [0.1, 0.15) is 0 Å². The fraction of sp³-hybridized carbons (Fsp3) is 0.600. The lowest BCUT2D eigenvalue weighted by Gasteiger charge is -2.23. The van der Waals surface area contributed by atoms with E-state index in [-0.39, 0.29) is 35.9 Å². The Morgan fingerprint density at radius 3 is 2.00 bits per heavy atom. The minimum absolute atomic E-state index is 0.133. The van der Waals surface area contributed by atoms with Crippen molar-refractivity contribution in [2.75, 3.05) is 14.1 Å². The topological polar surface area (TPSA) is 49.9 Å². The molecule has 0 aromatic heterocycles. The third kappa shape index (κ3) is 0.943. The van der Waals surface area contributed by atoms with Gasteiger partial charge in [0.2, 0.25) is 0 Å². The molecule has 3 aliphatic heterocycles. The Morgan fingerprint density at radius 2 is 1.60 bits per heavy atom. The van der Waals surface area contributed by atoms with Crippen LogP contribution in [0.25, 0.3) is 0 Å². The molecule has 3 heterocycles. The van der Waals surface area contributed by atoms with Crippen molar-refractivity contribution < 1.29 is 14.3 Å². The van der Waals surface area contributed by atoms with E-state index in [9.17, 15) is 9.59 Å². The van der Waals surface area contributed by atoms with Gasteiger partial charge in [-0.2, -0.15) is 0 Å². The lowest BCUT2D eigenvalue weighted by Crippen LogP contribution is -2.43. The maximum atomic E-state index is 12.0. The van der Waals surface area contributed by atoms with Crippen molar-refractivity contribution in [3.63, 3.8) is 0 Å². The van der Waals surface area contributed by atoms with Gasteiger partial charge >= 0.3 is 0 Å². The van der Waals surface area contributed by atoms with Gasteiger partial charge in [-0.3, -0.25) is 9.59 Å². The van der Waals surface area contributed by atoms with Crippen LogP contribution in [0.5, 0.6) is 0 Å². The van der Waals surface area contributed by atoms with E-state index in [0.717, 1.165) is 0 Å². The van der Waals surface area contributed by atoms with Crippen LogP contribution < -0.4 is 0 Å². The first kappa shape index (κ1) is 9.06. The fourth-order valence-electron chi connectivity index (χ4n) is 2.68. The normalized spacial score (nSPS) is 42.2. The Bertz CT molecular complexity index is 347. The van der Waals surface area contributed by atoms with E-state index in [1.165, 1.54) is 5.01 Å². The molecule has 5 nitrogen and oxygen atoms in total. The van der Waals surface area contributed by atoms with Crippen molar-refractivity contribution in [1.82, 2.24) is 10.0 Å². The van der Waals surface area contributed by atoms with E-state index >= 15 is 0 Å². The molecule has 80 valence electrons. The molecule has 0 N–H and O–H groups in total. The number of amides is 2. The first-order valence-corrected chi connectivity index (χ1v) is 5.00. The van der Waals surface area contributed by atoms with Crippen LogP contribution in [0.4, 0.5) is 0 Å². The van der Waals surface area contributed by atoms with Gasteiger partial charge in [0, 0.05) is 14.1 Å². The van der Waals surface area contributed by atoms with Gasteiger partial charge in [-0.1, -0.05) is 12.2 Å². The smallest absolute Gasteiger partial charge is 0.250 e. The molecular formula is C10H12N2O3. The molecule has 0 unspecified atom stereocenters. The number of hydrogen-bond acceptors (Lipinski definition) is 4. The average molecular weight is 208 g/mol. The Kier molecular flexibility index (Phi) is 1.62. The van der Waals surface area contributed by atoms with Crippen LogP contribution in [0.1, 0.15) is 0 Å². The second kappa shape index (κ2) is 2.68. The average Bonchev–Trinajstić information content (AvgIpc) is 2.79. The monoisotopic (exact) mass is 208 g/mol. The highest BCUT2D eigenvalue weighted by atomic mass is 16.5. The number of hydrazine groups is 1. The summed E-state index contributed by atoms with van der Waals surface area (Å²) in [5, 5.41) is 2.77.